The molecular weight excluding hydrogens is 331 g/mol. The van der Waals surface area contributed by atoms with E-state index in [1.165, 1.54) is 12.1 Å². The lowest BCUT2D eigenvalue weighted by molar-refractivity contribution is -0.119. The average molecular weight is 354 g/mol. The van der Waals surface area contributed by atoms with E-state index >= 15 is 0 Å². The molecule has 0 radical (unpaired) electrons. The molecule has 26 heavy (non-hydrogen) atoms. The number of halogens is 1. The fourth-order valence-electron chi connectivity index (χ4n) is 3.94. The molecule has 1 aliphatic heterocycles. The number of nitrogens with two attached hydrogens (primary N) is 1. The zero-order valence-corrected chi connectivity index (χ0v) is 15.5. The molecule has 1 aromatic rings. The van der Waals surface area contributed by atoms with E-state index in [1.807, 2.05) is 14.1 Å². The Bertz CT molecular complexity index is 859. The van der Waals surface area contributed by atoms with Crippen LogP contribution in [0, 0.1) is 22.6 Å². The second kappa shape index (κ2) is 6.26. The number of Topliss-reactive ketones (excluding diaryl/α,β-unsaturated/α-hetero) is 1. The highest BCUT2D eigenvalue weighted by molar-refractivity contribution is 6.00. The van der Waals surface area contributed by atoms with E-state index in [-0.39, 0.29) is 17.0 Å². The first-order valence-electron chi connectivity index (χ1n) is 8.55. The fraction of sp³-hybridized carbons (Fsp3) is 0.400. The smallest absolute Gasteiger partial charge is 0.162 e. The number of carbonyl (C=O) groups excluding carboxylic acids is 1. The molecule has 0 aromatic heterocycles. The van der Waals surface area contributed by atoms with E-state index in [0.717, 1.165) is 5.70 Å². The van der Waals surface area contributed by atoms with Crippen LogP contribution in [0.3, 0.4) is 0 Å². The lowest BCUT2D eigenvalue weighted by atomic mass is 9.69. The molecule has 1 aromatic carbocycles. The molecular formula is C20H23FN4O. The highest BCUT2D eigenvalue weighted by atomic mass is 19.1. The summed E-state index contributed by atoms with van der Waals surface area (Å²) in [7, 11) is 3.66. The number of nitriles is 1. The normalized spacial score (nSPS) is 22.6. The number of nitrogens with zero attached hydrogens (tertiary/aromatic N) is 3. The Balaban J connectivity index is 2.27. The van der Waals surface area contributed by atoms with Crippen LogP contribution in [0.25, 0.3) is 0 Å². The number of rotatable bonds is 2. The van der Waals surface area contributed by atoms with Gasteiger partial charge >= 0.3 is 0 Å². The Morgan fingerprint density at radius 3 is 2.42 bits per heavy atom. The first-order chi connectivity index (χ1) is 12.2. The van der Waals surface area contributed by atoms with Crippen molar-refractivity contribution in [3.8, 4) is 6.07 Å². The summed E-state index contributed by atoms with van der Waals surface area (Å²) in [6, 6.07) is 8.11. The summed E-state index contributed by atoms with van der Waals surface area (Å²) in [4.78, 5) is 13.1. The van der Waals surface area contributed by atoms with Gasteiger partial charge in [0, 0.05) is 31.8 Å². The van der Waals surface area contributed by atoms with Crippen molar-refractivity contribution in [2.45, 2.75) is 32.6 Å². The van der Waals surface area contributed by atoms with E-state index in [0.29, 0.717) is 35.4 Å². The van der Waals surface area contributed by atoms with Crippen molar-refractivity contribution in [2.24, 2.45) is 11.1 Å². The lowest BCUT2D eigenvalue weighted by Gasteiger charge is -2.45. The van der Waals surface area contributed by atoms with Crippen LogP contribution in [-0.4, -0.2) is 29.9 Å². The minimum atomic E-state index is -0.560. The highest BCUT2D eigenvalue weighted by Crippen LogP contribution is 2.49. The Hall–Kier alpha value is -2.65. The molecule has 3 rings (SSSR count). The van der Waals surface area contributed by atoms with Crippen molar-refractivity contribution >= 4 is 5.78 Å². The number of benzene rings is 1. The van der Waals surface area contributed by atoms with Gasteiger partial charge in [0.1, 0.15) is 11.6 Å². The zero-order chi connectivity index (χ0) is 19.2. The SMILES string of the molecule is CN(C)N1C(N)=C(C#N)[C@H](c2ccc(F)cc2)C2=C1CC(C)(C)CC2=O. The summed E-state index contributed by atoms with van der Waals surface area (Å²) < 4.78 is 13.4. The van der Waals surface area contributed by atoms with Crippen molar-refractivity contribution in [3.63, 3.8) is 0 Å². The zero-order valence-electron chi connectivity index (χ0n) is 15.5. The molecule has 0 amide bonds. The number of hydrazine groups is 1. The van der Waals surface area contributed by atoms with Gasteiger partial charge in [0.15, 0.2) is 5.78 Å². The predicted molar refractivity (Wildman–Crippen MR) is 96.5 cm³/mol. The van der Waals surface area contributed by atoms with E-state index < -0.39 is 5.92 Å². The predicted octanol–water partition coefficient (Wildman–Crippen LogP) is 3.04. The van der Waals surface area contributed by atoms with Crippen LogP contribution in [0.15, 0.2) is 46.9 Å². The van der Waals surface area contributed by atoms with Crippen molar-refractivity contribution in [1.82, 2.24) is 10.0 Å². The molecule has 0 unspecified atom stereocenters. The number of allylic oxidation sites excluding steroid dienone is 3. The van der Waals surface area contributed by atoms with Crippen LogP contribution in [0.5, 0.6) is 0 Å². The molecule has 0 saturated carbocycles. The van der Waals surface area contributed by atoms with E-state index in [1.54, 1.807) is 22.2 Å². The Morgan fingerprint density at radius 2 is 1.88 bits per heavy atom. The standard InChI is InChI=1S/C20H23FN4O/c1-20(2)9-15-18(16(26)10-20)17(12-5-7-13(21)8-6-12)14(11-22)19(23)25(15)24(3)4/h5-8,17H,9-10,23H2,1-4H3/t17-/m0/s1. The minimum Gasteiger partial charge on any atom is -0.383 e. The second-order valence-corrected chi connectivity index (χ2v) is 7.86. The Labute approximate surface area is 153 Å². The fourth-order valence-corrected chi connectivity index (χ4v) is 3.94. The number of carbonyl (C=O) groups is 1. The monoisotopic (exact) mass is 354 g/mol. The first kappa shape index (κ1) is 18.2. The minimum absolute atomic E-state index is 0.0117. The van der Waals surface area contributed by atoms with E-state index in [9.17, 15) is 14.4 Å². The topological polar surface area (TPSA) is 73.4 Å². The maximum Gasteiger partial charge on any atom is 0.162 e. The Kier molecular flexibility index (Phi) is 4.37. The van der Waals surface area contributed by atoms with Gasteiger partial charge in [-0.15, -0.1) is 0 Å². The maximum atomic E-state index is 13.4. The van der Waals surface area contributed by atoms with Crippen LogP contribution in [0.4, 0.5) is 4.39 Å². The molecule has 0 spiro atoms. The third-order valence-corrected chi connectivity index (χ3v) is 4.96. The summed E-state index contributed by atoms with van der Waals surface area (Å²) >= 11 is 0. The van der Waals surface area contributed by atoms with Crippen LogP contribution >= 0.6 is 0 Å². The molecule has 0 saturated heterocycles. The quantitative estimate of drug-likeness (QED) is 0.884. The lowest BCUT2D eigenvalue weighted by Crippen LogP contribution is -2.47. The van der Waals surface area contributed by atoms with Crippen LogP contribution in [0.1, 0.15) is 38.2 Å². The molecule has 6 heteroatoms. The number of hydrogen-bond donors (Lipinski definition) is 1. The van der Waals surface area contributed by atoms with Gasteiger partial charge in [0.25, 0.3) is 0 Å². The molecule has 0 bridgehead atoms. The van der Waals surface area contributed by atoms with Gasteiger partial charge in [-0.3, -0.25) is 9.80 Å². The van der Waals surface area contributed by atoms with Gasteiger partial charge in [-0.25, -0.2) is 9.40 Å². The maximum absolute atomic E-state index is 13.4. The van der Waals surface area contributed by atoms with Crippen LogP contribution in [0.2, 0.25) is 0 Å². The Morgan fingerprint density at radius 1 is 1.27 bits per heavy atom. The molecule has 1 heterocycles. The van der Waals surface area contributed by atoms with Crippen molar-refractivity contribution in [2.75, 3.05) is 14.1 Å². The van der Waals surface area contributed by atoms with Crippen molar-refractivity contribution in [1.29, 1.82) is 5.26 Å². The molecule has 0 fully saturated rings. The summed E-state index contributed by atoms with van der Waals surface area (Å²) in [5.74, 6) is -0.593. The van der Waals surface area contributed by atoms with Crippen molar-refractivity contribution < 1.29 is 9.18 Å². The number of hydrogen-bond acceptors (Lipinski definition) is 5. The third-order valence-electron chi connectivity index (χ3n) is 4.96. The molecule has 136 valence electrons. The summed E-state index contributed by atoms with van der Waals surface area (Å²) in [5.41, 5.74) is 8.59. The van der Waals surface area contributed by atoms with E-state index in [4.69, 9.17) is 5.73 Å². The third kappa shape index (κ3) is 2.89. The summed E-state index contributed by atoms with van der Waals surface area (Å²) in [6.45, 7) is 4.10. The van der Waals surface area contributed by atoms with Crippen LogP contribution in [-0.2, 0) is 4.79 Å². The molecule has 1 atom stereocenters. The highest BCUT2D eigenvalue weighted by Gasteiger charge is 2.44. The molecule has 2 aliphatic rings. The molecule has 1 aliphatic carbocycles. The van der Waals surface area contributed by atoms with Gasteiger partial charge in [-0.2, -0.15) is 5.26 Å². The van der Waals surface area contributed by atoms with Crippen molar-refractivity contribution in [3.05, 3.63) is 58.3 Å². The van der Waals surface area contributed by atoms with Gasteiger partial charge in [-0.1, -0.05) is 26.0 Å². The second-order valence-electron chi connectivity index (χ2n) is 7.86. The molecule has 2 N–H and O–H groups in total. The van der Waals surface area contributed by atoms with Crippen LogP contribution < -0.4 is 5.73 Å². The van der Waals surface area contributed by atoms with Gasteiger partial charge in [0.2, 0.25) is 0 Å². The summed E-state index contributed by atoms with van der Waals surface area (Å²) in [6.07, 6.45) is 1.08. The summed E-state index contributed by atoms with van der Waals surface area (Å²) in [5, 5.41) is 13.3. The largest absolute Gasteiger partial charge is 0.383 e. The average Bonchev–Trinajstić information content (AvgIpc) is 2.53. The van der Waals surface area contributed by atoms with E-state index in [2.05, 4.69) is 19.9 Å². The molecule has 5 nitrogen and oxygen atoms in total. The van der Waals surface area contributed by atoms with Gasteiger partial charge < -0.3 is 5.73 Å². The van der Waals surface area contributed by atoms with Gasteiger partial charge in [-0.05, 0) is 29.5 Å². The first-order valence-corrected chi connectivity index (χ1v) is 8.55. The number of ketones is 1. The van der Waals surface area contributed by atoms with Gasteiger partial charge in [0.05, 0.1) is 17.6 Å².